The van der Waals surface area contributed by atoms with Crippen LogP contribution in [0.5, 0.6) is 5.88 Å². The minimum atomic E-state index is -0.515. The molecule has 0 aliphatic rings. The second-order valence-electron chi connectivity index (χ2n) is 5.30. The molecule has 1 aromatic heterocycles. The highest BCUT2D eigenvalue weighted by atomic mass is 16.6. The van der Waals surface area contributed by atoms with Gasteiger partial charge in [-0.25, -0.2) is 9.78 Å². The molecule has 0 bridgehead atoms. The highest BCUT2D eigenvalue weighted by molar-refractivity contribution is 5.74. The first-order valence-corrected chi connectivity index (χ1v) is 6.30. The summed E-state index contributed by atoms with van der Waals surface area (Å²) in [4.78, 5) is 27.5. The summed E-state index contributed by atoms with van der Waals surface area (Å²) in [6.45, 7) is 6.12. The molecule has 0 radical (unpaired) electrons. The maximum absolute atomic E-state index is 11.7. The first kappa shape index (κ1) is 15.9. The Labute approximate surface area is 118 Å². The zero-order chi connectivity index (χ0) is 15.2. The number of likely N-dealkylation sites (N-methyl/N-ethyl adjacent to an activating group) is 1. The van der Waals surface area contributed by atoms with Gasteiger partial charge in [0.15, 0.2) is 6.29 Å². The average molecular weight is 280 g/mol. The van der Waals surface area contributed by atoms with Crippen molar-refractivity contribution in [2.45, 2.75) is 26.4 Å². The van der Waals surface area contributed by atoms with Gasteiger partial charge in [0.2, 0.25) is 5.88 Å². The van der Waals surface area contributed by atoms with E-state index in [-0.39, 0.29) is 0 Å². The lowest BCUT2D eigenvalue weighted by Gasteiger charge is -2.24. The van der Waals surface area contributed by atoms with E-state index in [0.29, 0.717) is 30.9 Å². The van der Waals surface area contributed by atoms with E-state index in [0.717, 1.165) is 0 Å². The third kappa shape index (κ3) is 5.69. The molecule has 0 saturated heterocycles. The van der Waals surface area contributed by atoms with Crippen molar-refractivity contribution in [2.24, 2.45) is 0 Å². The molecule has 0 unspecified atom stereocenters. The van der Waals surface area contributed by atoms with Crippen molar-refractivity contribution in [3.05, 3.63) is 23.9 Å². The van der Waals surface area contributed by atoms with Crippen LogP contribution >= 0.6 is 0 Å². The summed E-state index contributed by atoms with van der Waals surface area (Å²) in [5, 5.41) is 0. The molecule has 0 aromatic carbocycles. The molecular formula is C14H20N2O4. The van der Waals surface area contributed by atoms with E-state index >= 15 is 0 Å². The van der Waals surface area contributed by atoms with Crippen molar-refractivity contribution in [3.8, 4) is 5.88 Å². The van der Waals surface area contributed by atoms with E-state index in [2.05, 4.69) is 4.98 Å². The standard InChI is InChI=1S/C14H20N2O4/c1-14(2,3)20-13(18)16(4)7-8-19-12-6-5-11(10-17)9-15-12/h5-6,9-10H,7-8H2,1-4H3. The van der Waals surface area contributed by atoms with Crippen molar-refractivity contribution in [2.75, 3.05) is 20.2 Å². The molecule has 0 aliphatic heterocycles. The van der Waals surface area contributed by atoms with Gasteiger partial charge in [-0.15, -0.1) is 0 Å². The molecule has 110 valence electrons. The third-order valence-corrected chi connectivity index (χ3v) is 2.28. The maximum Gasteiger partial charge on any atom is 0.410 e. The SMILES string of the molecule is CN(CCOc1ccc(C=O)cn1)C(=O)OC(C)(C)C. The lowest BCUT2D eigenvalue weighted by Crippen LogP contribution is -2.36. The van der Waals surface area contributed by atoms with Crippen LogP contribution in [0.25, 0.3) is 0 Å². The first-order valence-electron chi connectivity index (χ1n) is 6.30. The van der Waals surface area contributed by atoms with Crippen LogP contribution in [-0.4, -0.2) is 48.1 Å². The van der Waals surface area contributed by atoms with Gasteiger partial charge < -0.3 is 14.4 Å². The Morgan fingerprint density at radius 3 is 2.60 bits per heavy atom. The quantitative estimate of drug-likeness (QED) is 0.773. The molecule has 1 amide bonds. The van der Waals surface area contributed by atoms with Gasteiger partial charge in [0, 0.05) is 24.9 Å². The molecule has 0 spiro atoms. The molecule has 6 heteroatoms. The summed E-state index contributed by atoms with van der Waals surface area (Å²) in [6, 6.07) is 3.23. The van der Waals surface area contributed by atoms with Crippen molar-refractivity contribution in [3.63, 3.8) is 0 Å². The lowest BCUT2D eigenvalue weighted by atomic mass is 10.2. The second kappa shape index (κ2) is 6.88. The van der Waals surface area contributed by atoms with E-state index < -0.39 is 11.7 Å². The summed E-state index contributed by atoms with van der Waals surface area (Å²) >= 11 is 0. The molecule has 0 aliphatic carbocycles. The number of aromatic nitrogens is 1. The number of amides is 1. The fourth-order valence-corrected chi connectivity index (χ4v) is 1.27. The lowest BCUT2D eigenvalue weighted by molar-refractivity contribution is 0.0277. The van der Waals surface area contributed by atoms with Gasteiger partial charge >= 0.3 is 6.09 Å². The Morgan fingerprint density at radius 2 is 2.10 bits per heavy atom. The molecule has 0 N–H and O–H groups in total. The van der Waals surface area contributed by atoms with Crippen LogP contribution in [0.1, 0.15) is 31.1 Å². The zero-order valence-corrected chi connectivity index (χ0v) is 12.3. The van der Waals surface area contributed by atoms with E-state index in [1.54, 1.807) is 19.2 Å². The fraction of sp³-hybridized carbons (Fsp3) is 0.500. The third-order valence-electron chi connectivity index (χ3n) is 2.28. The van der Waals surface area contributed by atoms with Crippen LogP contribution in [0.15, 0.2) is 18.3 Å². The van der Waals surface area contributed by atoms with Crippen molar-refractivity contribution >= 4 is 12.4 Å². The Balaban J connectivity index is 2.35. The molecule has 1 aromatic rings. The molecule has 1 rings (SSSR count). The second-order valence-corrected chi connectivity index (χ2v) is 5.30. The van der Waals surface area contributed by atoms with E-state index in [4.69, 9.17) is 9.47 Å². The first-order chi connectivity index (χ1) is 9.31. The number of aldehydes is 1. The molecule has 6 nitrogen and oxygen atoms in total. The number of carbonyl (C=O) groups excluding carboxylic acids is 2. The highest BCUT2D eigenvalue weighted by Crippen LogP contribution is 2.09. The Hall–Kier alpha value is -2.11. The zero-order valence-electron chi connectivity index (χ0n) is 12.3. The maximum atomic E-state index is 11.7. The number of pyridine rings is 1. The molecular weight excluding hydrogens is 260 g/mol. The van der Waals surface area contributed by atoms with Crippen LogP contribution in [0.4, 0.5) is 4.79 Å². The Bertz CT molecular complexity index is 451. The summed E-state index contributed by atoms with van der Waals surface area (Å²) < 4.78 is 10.6. The summed E-state index contributed by atoms with van der Waals surface area (Å²) in [5.41, 5.74) is -0.0264. The molecule has 0 saturated carbocycles. The number of carbonyl (C=O) groups is 2. The van der Waals surface area contributed by atoms with Crippen LogP contribution < -0.4 is 4.74 Å². The molecule has 0 fully saturated rings. The Morgan fingerprint density at radius 1 is 1.40 bits per heavy atom. The number of hydrogen-bond donors (Lipinski definition) is 0. The summed E-state index contributed by atoms with van der Waals surface area (Å²) in [6.07, 6.45) is 1.75. The van der Waals surface area contributed by atoms with Gasteiger partial charge in [-0.1, -0.05) is 0 Å². The number of ether oxygens (including phenoxy) is 2. The van der Waals surface area contributed by atoms with Crippen LogP contribution in [-0.2, 0) is 4.74 Å². The van der Waals surface area contributed by atoms with Gasteiger partial charge in [0.25, 0.3) is 0 Å². The summed E-state index contributed by atoms with van der Waals surface area (Å²) in [5.74, 6) is 0.410. The number of nitrogens with zero attached hydrogens (tertiary/aromatic N) is 2. The minimum absolute atomic E-state index is 0.295. The van der Waals surface area contributed by atoms with Gasteiger partial charge in [-0.2, -0.15) is 0 Å². The van der Waals surface area contributed by atoms with Gasteiger partial charge in [0.1, 0.15) is 12.2 Å². The molecule has 0 atom stereocenters. The smallest absolute Gasteiger partial charge is 0.410 e. The van der Waals surface area contributed by atoms with Gasteiger partial charge in [0.05, 0.1) is 6.54 Å². The predicted molar refractivity (Wildman–Crippen MR) is 74.0 cm³/mol. The van der Waals surface area contributed by atoms with Gasteiger partial charge in [-0.05, 0) is 26.8 Å². The van der Waals surface area contributed by atoms with Crippen LogP contribution in [0, 0.1) is 0 Å². The largest absolute Gasteiger partial charge is 0.476 e. The van der Waals surface area contributed by atoms with Crippen LogP contribution in [0.2, 0.25) is 0 Å². The monoisotopic (exact) mass is 280 g/mol. The number of hydrogen-bond acceptors (Lipinski definition) is 5. The number of rotatable bonds is 5. The normalized spacial score (nSPS) is 10.8. The minimum Gasteiger partial charge on any atom is -0.476 e. The molecule has 1 heterocycles. The Kier molecular flexibility index (Phi) is 5.49. The van der Waals surface area contributed by atoms with Crippen molar-refractivity contribution in [1.82, 2.24) is 9.88 Å². The summed E-state index contributed by atoms with van der Waals surface area (Å²) in [7, 11) is 1.64. The van der Waals surface area contributed by atoms with E-state index in [1.165, 1.54) is 11.1 Å². The van der Waals surface area contributed by atoms with Crippen molar-refractivity contribution < 1.29 is 19.1 Å². The average Bonchev–Trinajstić information content (AvgIpc) is 2.37. The fourth-order valence-electron chi connectivity index (χ4n) is 1.27. The highest BCUT2D eigenvalue weighted by Gasteiger charge is 2.19. The van der Waals surface area contributed by atoms with E-state index in [1.807, 2.05) is 20.8 Å². The topological polar surface area (TPSA) is 68.7 Å². The van der Waals surface area contributed by atoms with Gasteiger partial charge in [-0.3, -0.25) is 4.79 Å². The van der Waals surface area contributed by atoms with E-state index in [9.17, 15) is 9.59 Å². The van der Waals surface area contributed by atoms with Crippen molar-refractivity contribution in [1.29, 1.82) is 0 Å². The predicted octanol–water partition coefficient (Wildman–Crippen LogP) is 2.14. The molecule has 20 heavy (non-hydrogen) atoms. The van der Waals surface area contributed by atoms with Crippen LogP contribution in [0.3, 0.4) is 0 Å².